The van der Waals surface area contributed by atoms with Crippen LogP contribution in [0.15, 0.2) is 55.0 Å². The van der Waals surface area contributed by atoms with Crippen LogP contribution < -0.4 is 21.3 Å². The fourth-order valence-electron chi connectivity index (χ4n) is 4.00. The van der Waals surface area contributed by atoms with E-state index < -0.39 is 5.91 Å². The van der Waals surface area contributed by atoms with Gasteiger partial charge in [-0.1, -0.05) is 35.1 Å². The summed E-state index contributed by atoms with van der Waals surface area (Å²) in [4.78, 5) is 35.7. The van der Waals surface area contributed by atoms with E-state index in [0.29, 0.717) is 27.5 Å². The van der Waals surface area contributed by atoms with Crippen LogP contribution in [-0.4, -0.2) is 45.6 Å². The summed E-state index contributed by atoms with van der Waals surface area (Å²) in [5.74, 6) is -0.00745. The van der Waals surface area contributed by atoms with Gasteiger partial charge in [-0.2, -0.15) is 0 Å². The lowest BCUT2D eigenvalue weighted by molar-refractivity contribution is 0.0997. The van der Waals surface area contributed by atoms with Crippen LogP contribution in [0.2, 0.25) is 5.02 Å². The number of nitrogens with zero attached hydrogens (tertiary/aromatic N) is 4. The summed E-state index contributed by atoms with van der Waals surface area (Å²) in [6.07, 6.45) is 6.95. The second-order valence-corrected chi connectivity index (χ2v) is 9.47. The van der Waals surface area contributed by atoms with Crippen LogP contribution in [0.1, 0.15) is 23.3 Å². The molecule has 1 saturated heterocycles. The fourth-order valence-corrected chi connectivity index (χ4v) is 5.19. The molecule has 5 rings (SSSR count). The van der Waals surface area contributed by atoms with Crippen LogP contribution in [-0.2, 0) is 0 Å². The highest BCUT2D eigenvalue weighted by Crippen LogP contribution is 2.34. The van der Waals surface area contributed by atoms with E-state index in [4.69, 9.17) is 17.3 Å². The van der Waals surface area contributed by atoms with Crippen molar-refractivity contribution >= 4 is 61.6 Å². The molecule has 2 amide bonds. The van der Waals surface area contributed by atoms with Crippen molar-refractivity contribution in [1.29, 1.82) is 0 Å². The Labute approximate surface area is 204 Å². The van der Waals surface area contributed by atoms with Crippen LogP contribution in [0.3, 0.4) is 0 Å². The Morgan fingerprint density at radius 3 is 2.82 bits per heavy atom. The van der Waals surface area contributed by atoms with E-state index in [1.165, 1.54) is 11.3 Å². The highest BCUT2D eigenvalue weighted by molar-refractivity contribution is 7.20. The van der Waals surface area contributed by atoms with Gasteiger partial charge in [0.05, 0.1) is 0 Å². The average Bonchev–Trinajstić information content (AvgIpc) is 3.44. The molecule has 0 bridgehead atoms. The smallest absolute Gasteiger partial charge is 0.325 e. The molecule has 3 aromatic heterocycles. The minimum atomic E-state index is -0.609. The zero-order chi connectivity index (χ0) is 23.7. The fraction of sp³-hybridized carbons (Fsp3) is 0.217. The maximum atomic E-state index is 12.9. The van der Waals surface area contributed by atoms with Crippen LogP contribution >= 0.6 is 22.9 Å². The molecule has 1 aliphatic rings. The molecule has 4 N–H and O–H groups in total. The molecule has 9 nitrogen and oxygen atoms in total. The summed E-state index contributed by atoms with van der Waals surface area (Å²) in [6, 6.07) is 10.7. The number of hydrogen-bond donors (Lipinski definition) is 3. The summed E-state index contributed by atoms with van der Waals surface area (Å²) < 4.78 is 1.55. The van der Waals surface area contributed by atoms with E-state index in [1.54, 1.807) is 35.3 Å². The largest absolute Gasteiger partial charge is 0.364 e. The number of anilines is 3. The van der Waals surface area contributed by atoms with Crippen molar-refractivity contribution in [2.75, 3.05) is 23.3 Å². The lowest BCUT2D eigenvalue weighted by Gasteiger charge is -2.32. The molecular weight excluding hydrogens is 474 g/mol. The first-order chi connectivity index (χ1) is 16.5. The number of fused-ring (bicyclic) bond motifs is 1. The normalized spacial score (nSPS) is 15.9. The monoisotopic (exact) mass is 495 g/mol. The Bertz CT molecular complexity index is 1350. The molecule has 1 aromatic carbocycles. The number of carbonyl (C=O) groups excluding carboxylic acids is 2. The lowest BCUT2D eigenvalue weighted by atomic mass is 10.1. The first-order valence-electron chi connectivity index (χ1n) is 10.8. The molecule has 4 aromatic rings. The van der Waals surface area contributed by atoms with E-state index in [9.17, 15) is 9.59 Å². The van der Waals surface area contributed by atoms with Gasteiger partial charge in [0.1, 0.15) is 10.8 Å². The summed E-state index contributed by atoms with van der Waals surface area (Å²) in [7, 11) is 0. The van der Waals surface area contributed by atoms with Gasteiger partial charge in [0, 0.05) is 53.5 Å². The highest BCUT2D eigenvalue weighted by atomic mass is 35.5. The minimum Gasteiger partial charge on any atom is -0.364 e. The first-order valence-corrected chi connectivity index (χ1v) is 12.0. The Morgan fingerprint density at radius 2 is 2.03 bits per heavy atom. The van der Waals surface area contributed by atoms with Crippen LogP contribution in [0.5, 0.6) is 0 Å². The maximum absolute atomic E-state index is 12.9. The molecule has 1 aliphatic heterocycles. The van der Waals surface area contributed by atoms with Crippen molar-refractivity contribution in [1.82, 2.24) is 19.9 Å². The lowest BCUT2D eigenvalue weighted by Crippen LogP contribution is -2.48. The molecule has 0 aliphatic carbocycles. The number of nitrogens with one attached hydrogen (secondary N) is 2. The predicted molar refractivity (Wildman–Crippen MR) is 134 cm³/mol. The van der Waals surface area contributed by atoms with Crippen molar-refractivity contribution in [3.8, 4) is 0 Å². The molecule has 0 radical (unpaired) electrons. The SMILES string of the molecule is NC(=O)c1nc(N2CCC[C@@H](NC(=O)n3cc4ccc(Cl)cc4c3)C2)sc1Nc1ccccn1. The number of halogens is 1. The molecule has 174 valence electrons. The number of thiazole rings is 1. The molecule has 4 heterocycles. The zero-order valence-electron chi connectivity index (χ0n) is 18.1. The number of pyridine rings is 1. The second-order valence-electron chi connectivity index (χ2n) is 8.05. The van der Waals surface area contributed by atoms with Crippen LogP contribution in [0.25, 0.3) is 10.8 Å². The topological polar surface area (TPSA) is 118 Å². The zero-order valence-corrected chi connectivity index (χ0v) is 19.6. The van der Waals surface area contributed by atoms with Gasteiger partial charge in [0.2, 0.25) is 0 Å². The van der Waals surface area contributed by atoms with Crippen molar-refractivity contribution in [2.24, 2.45) is 5.73 Å². The second kappa shape index (κ2) is 9.32. The Hall–Kier alpha value is -3.63. The van der Waals surface area contributed by atoms with Crippen molar-refractivity contribution in [3.63, 3.8) is 0 Å². The number of primary amides is 1. The number of carbonyl (C=O) groups is 2. The average molecular weight is 496 g/mol. The predicted octanol–water partition coefficient (Wildman–Crippen LogP) is 4.22. The molecule has 34 heavy (non-hydrogen) atoms. The third kappa shape index (κ3) is 4.68. The number of piperidine rings is 1. The van der Waals surface area contributed by atoms with Gasteiger partial charge in [0.15, 0.2) is 10.8 Å². The molecule has 11 heteroatoms. The first kappa shape index (κ1) is 22.2. The maximum Gasteiger partial charge on any atom is 0.325 e. The van der Waals surface area contributed by atoms with Gasteiger partial charge in [-0.15, -0.1) is 0 Å². The quantitative estimate of drug-likeness (QED) is 0.381. The highest BCUT2D eigenvalue weighted by Gasteiger charge is 2.26. The number of amides is 2. The third-order valence-corrected chi connectivity index (χ3v) is 6.88. The van der Waals surface area contributed by atoms with Crippen LogP contribution in [0, 0.1) is 0 Å². The van der Waals surface area contributed by atoms with Gasteiger partial charge in [0.25, 0.3) is 5.91 Å². The van der Waals surface area contributed by atoms with E-state index in [-0.39, 0.29) is 17.8 Å². The van der Waals surface area contributed by atoms with E-state index in [0.717, 1.165) is 30.2 Å². The summed E-state index contributed by atoms with van der Waals surface area (Å²) in [5, 5.41) is 9.93. The minimum absolute atomic E-state index is 0.0662. The van der Waals surface area contributed by atoms with Crippen molar-refractivity contribution in [3.05, 3.63) is 65.7 Å². The molecule has 1 fully saturated rings. The van der Waals surface area contributed by atoms with Gasteiger partial charge in [-0.05, 0) is 37.1 Å². The van der Waals surface area contributed by atoms with E-state index in [2.05, 4.69) is 25.5 Å². The molecule has 0 saturated carbocycles. The number of benzene rings is 1. The van der Waals surface area contributed by atoms with Gasteiger partial charge in [-0.3, -0.25) is 9.36 Å². The molecule has 1 atom stereocenters. The van der Waals surface area contributed by atoms with Gasteiger partial charge < -0.3 is 21.3 Å². The Balaban J connectivity index is 1.30. The number of hydrogen-bond acceptors (Lipinski definition) is 7. The summed E-state index contributed by atoms with van der Waals surface area (Å²) in [5.41, 5.74) is 5.74. The van der Waals surface area contributed by atoms with Crippen molar-refractivity contribution < 1.29 is 9.59 Å². The number of nitrogens with two attached hydrogens (primary N) is 1. The van der Waals surface area contributed by atoms with Crippen molar-refractivity contribution in [2.45, 2.75) is 18.9 Å². The Morgan fingerprint density at radius 1 is 1.18 bits per heavy atom. The van der Waals surface area contributed by atoms with Crippen LogP contribution in [0.4, 0.5) is 20.7 Å². The molecular formula is C23H22ClN7O2S. The molecule has 0 spiro atoms. The third-order valence-electron chi connectivity index (χ3n) is 5.61. The van der Waals surface area contributed by atoms with Gasteiger partial charge >= 0.3 is 6.03 Å². The standard InChI is InChI=1S/C23H22ClN7O2S/c24-16-7-6-14-11-31(12-15(14)10-16)22(33)27-17-4-3-9-30(13-17)23-29-19(20(25)32)21(34-23)28-18-5-1-2-8-26-18/h1-2,5-8,10-12,17H,3-4,9,13H2,(H2,25,32)(H,26,28)(H,27,33)/t17-/m1/s1. The Kier molecular flexibility index (Phi) is 6.08. The summed E-state index contributed by atoms with van der Waals surface area (Å²) >= 11 is 7.40. The molecule has 0 unspecified atom stereocenters. The number of aromatic nitrogens is 3. The number of rotatable bonds is 5. The van der Waals surface area contributed by atoms with E-state index in [1.807, 2.05) is 24.3 Å². The summed E-state index contributed by atoms with van der Waals surface area (Å²) in [6.45, 7) is 1.35. The van der Waals surface area contributed by atoms with E-state index >= 15 is 0 Å². The van der Waals surface area contributed by atoms with Gasteiger partial charge in [-0.25, -0.2) is 14.8 Å².